The molecular weight excluding hydrogens is 134 g/mol. The number of halogens is 1. The van der Waals surface area contributed by atoms with Gasteiger partial charge in [0.15, 0.2) is 0 Å². The maximum absolute atomic E-state index is 2.51. The van der Waals surface area contributed by atoms with Crippen LogP contribution in [0.25, 0.3) is 0 Å². The van der Waals surface area contributed by atoms with E-state index in [-0.39, 0.29) is 12.4 Å². The Hall–Kier alpha value is 0.250. The van der Waals surface area contributed by atoms with Crippen LogP contribution in [0.2, 0.25) is 0 Å². The third-order valence-electron chi connectivity index (χ3n) is 2.68. The molecule has 2 aliphatic rings. The highest BCUT2D eigenvalue weighted by Crippen LogP contribution is 2.35. The SMILES string of the molecule is CN1CC2CCC1C2.Cl. The zero-order valence-corrected chi connectivity index (χ0v) is 6.66. The zero-order valence-electron chi connectivity index (χ0n) is 5.84. The van der Waals surface area contributed by atoms with E-state index in [0.717, 1.165) is 12.0 Å². The first-order valence-corrected chi connectivity index (χ1v) is 3.56. The summed E-state index contributed by atoms with van der Waals surface area (Å²) in [6.07, 6.45) is 4.48. The minimum Gasteiger partial charge on any atom is -0.303 e. The van der Waals surface area contributed by atoms with Gasteiger partial charge in [-0.2, -0.15) is 0 Å². The van der Waals surface area contributed by atoms with Crippen molar-refractivity contribution in [2.75, 3.05) is 13.6 Å². The number of hydrogen-bond donors (Lipinski definition) is 0. The van der Waals surface area contributed by atoms with Gasteiger partial charge in [0.2, 0.25) is 0 Å². The molecule has 0 aromatic carbocycles. The predicted octanol–water partition coefficient (Wildman–Crippen LogP) is 1.52. The van der Waals surface area contributed by atoms with E-state index in [4.69, 9.17) is 0 Å². The van der Waals surface area contributed by atoms with Gasteiger partial charge in [-0.3, -0.25) is 0 Å². The molecule has 0 amide bonds. The van der Waals surface area contributed by atoms with Gasteiger partial charge in [-0.1, -0.05) is 0 Å². The Balaban J connectivity index is 0.000000405. The molecule has 2 fully saturated rings. The normalized spacial score (nSPS) is 41.0. The highest BCUT2D eigenvalue weighted by atomic mass is 35.5. The van der Waals surface area contributed by atoms with Gasteiger partial charge >= 0.3 is 0 Å². The fourth-order valence-electron chi connectivity index (χ4n) is 2.17. The molecule has 0 aromatic rings. The van der Waals surface area contributed by atoms with Crippen LogP contribution in [-0.2, 0) is 0 Å². The topological polar surface area (TPSA) is 3.24 Å². The smallest absolute Gasteiger partial charge is 0.00955 e. The van der Waals surface area contributed by atoms with Gasteiger partial charge in [0.1, 0.15) is 0 Å². The van der Waals surface area contributed by atoms with Crippen LogP contribution >= 0.6 is 12.4 Å². The third-order valence-corrected chi connectivity index (χ3v) is 2.68. The standard InChI is InChI=1S/C7H13N.ClH/c1-8-5-6-2-3-7(8)4-6;/h6-7H,2-5H2,1H3;1H. The van der Waals surface area contributed by atoms with Crippen molar-refractivity contribution >= 4 is 12.4 Å². The molecule has 1 aliphatic carbocycles. The van der Waals surface area contributed by atoms with Crippen molar-refractivity contribution in [3.05, 3.63) is 0 Å². The first-order valence-electron chi connectivity index (χ1n) is 3.56. The number of fused-ring (bicyclic) bond motifs is 2. The molecule has 9 heavy (non-hydrogen) atoms. The Kier molecular flexibility index (Phi) is 2.02. The highest BCUT2D eigenvalue weighted by Gasteiger charge is 2.34. The monoisotopic (exact) mass is 147 g/mol. The summed E-state index contributed by atoms with van der Waals surface area (Å²) in [7, 11) is 2.25. The fourth-order valence-corrected chi connectivity index (χ4v) is 2.17. The van der Waals surface area contributed by atoms with Crippen LogP contribution < -0.4 is 0 Å². The third kappa shape index (κ3) is 1.08. The van der Waals surface area contributed by atoms with E-state index in [9.17, 15) is 0 Å². The lowest BCUT2D eigenvalue weighted by molar-refractivity contribution is 0.261. The summed E-state index contributed by atoms with van der Waals surface area (Å²) < 4.78 is 0. The van der Waals surface area contributed by atoms with E-state index in [1.54, 1.807) is 0 Å². The molecule has 1 nitrogen and oxygen atoms in total. The van der Waals surface area contributed by atoms with Gasteiger partial charge in [-0.05, 0) is 32.2 Å². The average molecular weight is 148 g/mol. The molecule has 1 saturated heterocycles. The lowest BCUT2D eigenvalue weighted by Crippen LogP contribution is -2.27. The van der Waals surface area contributed by atoms with Crippen molar-refractivity contribution < 1.29 is 0 Å². The molecule has 0 spiro atoms. The first-order chi connectivity index (χ1) is 3.86. The lowest BCUT2D eigenvalue weighted by atomic mass is 10.1. The highest BCUT2D eigenvalue weighted by molar-refractivity contribution is 5.85. The maximum atomic E-state index is 2.51. The molecule has 1 aliphatic heterocycles. The number of piperidine rings is 1. The summed E-state index contributed by atoms with van der Waals surface area (Å²) in [5.41, 5.74) is 0. The van der Waals surface area contributed by atoms with Crippen molar-refractivity contribution in [1.82, 2.24) is 4.90 Å². The van der Waals surface area contributed by atoms with E-state index in [2.05, 4.69) is 11.9 Å². The molecular formula is C7H14ClN. The van der Waals surface area contributed by atoms with Gasteiger partial charge in [0.05, 0.1) is 0 Å². The molecule has 0 N–H and O–H groups in total. The molecule has 2 unspecified atom stereocenters. The molecule has 2 heteroatoms. The second kappa shape index (κ2) is 2.47. The summed E-state index contributed by atoms with van der Waals surface area (Å²) >= 11 is 0. The summed E-state index contributed by atoms with van der Waals surface area (Å²) in [6, 6.07) is 0.972. The van der Waals surface area contributed by atoms with Crippen molar-refractivity contribution in [2.45, 2.75) is 25.3 Å². The largest absolute Gasteiger partial charge is 0.303 e. The molecule has 54 valence electrons. The summed E-state index contributed by atoms with van der Waals surface area (Å²) in [6.45, 7) is 1.38. The van der Waals surface area contributed by atoms with Crippen LogP contribution in [0.5, 0.6) is 0 Å². The zero-order chi connectivity index (χ0) is 5.56. The first kappa shape index (κ1) is 7.36. The fraction of sp³-hybridized carbons (Fsp3) is 1.00. The Morgan fingerprint density at radius 2 is 2.11 bits per heavy atom. The second-order valence-corrected chi connectivity index (χ2v) is 3.27. The Labute approximate surface area is 62.8 Å². The van der Waals surface area contributed by atoms with Gasteiger partial charge in [-0.15, -0.1) is 12.4 Å². The van der Waals surface area contributed by atoms with E-state index in [0.29, 0.717) is 0 Å². The number of likely N-dealkylation sites (tertiary alicyclic amines) is 1. The van der Waals surface area contributed by atoms with Crippen LogP contribution in [0.4, 0.5) is 0 Å². The van der Waals surface area contributed by atoms with Crippen molar-refractivity contribution in [3.63, 3.8) is 0 Å². The maximum Gasteiger partial charge on any atom is 0.00955 e. The number of nitrogens with zero attached hydrogens (tertiary/aromatic N) is 1. The van der Waals surface area contributed by atoms with Crippen LogP contribution in [-0.4, -0.2) is 24.5 Å². The van der Waals surface area contributed by atoms with E-state index in [1.807, 2.05) is 0 Å². The lowest BCUT2D eigenvalue weighted by Gasteiger charge is -2.20. The van der Waals surface area contributed by atoms with Crippen LogP contribution in [0.3, 0.4) is 0 Å². The average Bonchev–Trinajstić information content (AvgIpc) is 2.23. The van der Waals surface area contributed by atoms with Crippen LogP contribution in [0.1, 0.15) is 19.3 Å². The molecule has 1 heterocycles. The molecule has 0 aromatic heterocycles. The van der Waals surface area contributed by atoms with Crippen molar-refractivity contribution in [2.24, 2.45) is 5.92 Å². The van der Waals surface area contributed by atoms with Crippen molar-refractivity contribution in [3.8, 4) is 0 Å². The van der Waals surface area contributed by atoms with Crippen molar-refractivity contribution in [1.29, 1.82) is 0 Å². The molecule has 2 atom stereocenters. The summed E-state index contributed by atoms with van der Waals surface area (Å²) in [5.74, 6) is 1.07. The molecule has 2 rings (SSSR count). The Morgan fingerprint density at radius 3 is 2.33 bits per heavy atom. The minimum absolute atomic E-state index is 0. The van der Waals surface area contributed by atoms with Gasteiger partial charge < -0.3 is 4.90 Å². The van der Waals surface area contributed by atoms with Gasteiger partial charge in [0, 0.05) is 12.6 Å². The molecule has 0 radical (unpaired) electrons. The molecule has 1 saturated carbocycles. The Morgan fingerprint density at radius 1 is 1.33 bits per heavy atom. The summed E-state index contributed by atoms with van der Waals surface area (Å²) in [5, 5.41) is 0. The van der Waals surface area contributed by atoms with E-state index in [1.165, 1.54) is 25.8 Å². The van der Waals surface area contributed by atoms with Crippen LogP contribution in [0.15, 0.2) is 0 Å². The minimum atomic E-state index is 0. The molecule has 2 bridgehead atoms. The van der Waals surface area contributed by atoms with Crippen LogP contribution in [0, 0.1) is 5.92 Å². The number of hydrogen-bond acceptors (Lipinski definition) is 1. The number of rotatable bonds is 0. The van der Waals surface area contributed by atoms with E-state index < -0.39 is 0 Å². The van der Waals surface area contributed by atoms with Gasteiger partial charge in [-0.25, -0.2) is 0 Å². The Bertz CT molecular complexity index is 103. The summed E-state index contributed by atoms with van der Waals surface area (Å²) in [4.78, 5) is 2.51. The van der Waals surface area contributed by atoms with E-state index >= 15 is 0 Å². The quantitative estimate of drug-likeness (QED) is 0.502. The second-order valence-electron chi connectivity index (χ2n) is 3.27. The van der Waals surface area contributed by atoms with Gasteiger partial charge in [0.25, 0.3) is 0 Å². The predicted molar refractivity (Wildman–Crippen MR) is 41.0 cm³/mol.